The van der Waals surface area contributed by atoms with Crippen LogP contribution in [0.2, 0.25) is 0 Å². The molecule has 3 N–H and O–H groups in total. The minimum absolute atomic E-state index is 0.108. The zero-order valence-corrected chi connectivity index (χ0v) is 23.9. The number of amides is 2. The Morgan fingerprint density at radius 2 is 1.65 bits per heavy atom. The summed E-state index contributed by atoms with van der Waals surface area (Å²) >= 11 is 0. The molecule has 3 aromatic carbocycles. The Hall–Kier alpha value is -5.18. The Balaban J connectivity index is 1.17. The van der Waals surface area contributed by atoms with Crippen molar-refractivity contribution in [3.8, 4) is 0 Å². The number of H-pyrrole nitrogens is 1. The third-order valence-electron chi connectivity index (χ3n) is 7.97. The number of piperazine rings is 1. The van der Waals surface area contributed by atoms with Gasteiger partial charge in [0, 0.05) is 79.2 Å². The van der Waals surface area contributed by atoms with Crippen LogP contribution in [0.15, 0.2) is 97.5 Å². The van der Waals surface area contributed by atoms with E-state index in [9.17, 15) is 9.59 Å². The molecular weight excluding hydrogens is 543 g/mol. The predicted molar refractivity (Wildman–Crippen MR) is 168 cm³/mol. The molecule has 1 atom stereocenters. The summed E-state index contributed by atoms with van der Waals surface area (Å²) in [6.07, 6.45) is 5.19. The van der Waals surface area contributed by atoms with Crippen molar-refractivity contribution in [2.24, 2.45) is 0 Å². The van der Waals surface area contributed by atoms with E-state index < -0.39 is 23.7 Å². The molecule has 1 aliphatic rings. The molecule has 1 aliphatic heterocycles. The van der Waals surface area contributed by atoms with Crippen LogP contribution in [0, 0.1) is 12.7 Å². The van der Waals surface area contributed by atoms with Crippen LogP contribution in [-0.4, -0.2) is 54.0 Å². The smallest absolute Gasteiger partial charge is 0.254 e. The fourth-order valence-electron chi connectivity index (χ4n) is 5.64. The van der Waals surface area contributed by atoms with Gasteiger partial charge in [-0.3, -0.25) is 14.6 Å². The highest BCUT2D eigenvalue weighted by atomic mass is 19.1. The van der Waals surface area contributed by atoms with E-state index in [-0.39, 0.29) is 12.0 Å². The Morgan fingerprint density at radius 1 is 0.930 bits per heavy atom. The van der Waals surface area contributed by atoms with Crippen molar-refractivity contribution < 1.29 is 14.0 Å². The SMILES string of the molecule is Cc1ccccc1N1CCN(c2ccc(C(=O)N[C@H](Cc3c[nH]c4ccccc34)C(=O)Nc3ccncc3)c(F)c2)CC1. The topological polar surface area (TPSA) is 93.4 Å². The molecule has 43 heavy (non-hydrogen) atoms. The Kier molecular flexibility index (Phi) is 8.04. The van der Waals surface area contributed by atoms with Crippen molar-refractivity contribution in [1.29, 1.82) is 0 Å². The number of nitrogens with zero attached hydrogens (tertiary/aromatic N) is 3. The standard InChI is InChI=1S/C34H33FN6O2/c1-23-6-2-5-9-32(23)41-18-16-40(17-19-41)26-10-11-28(29(35)21-26)33(42)39-31(34(43)38-25-12-14-36-15-13-25)20-24-22-37-30-8-4-3-7-27(24)30/h2-15,21-22,31,37H,16-20H2,1H3,(H,39,42)(H,36,38,43)/t31-/m1/s1. The van der Waals surface area contributed by atoms with Gasteiger partial charge in [-0.2, -0.15) is 0 Å². The largest absolute Gasteiger partial charge is 0.368 e. The molecule has 0 unspecified atom stereocenters. The van der Waals surface area contributed by atoms with Gasteiger partial charge < -0.3 is 25.4 Å². The monoisotopic (exact) mass is 576 g/mol. The number of carbonyl (C=O) groups excluding carboxylic acids is 2. The second-order valence-electron chi connectivity index (χ2n) is 10.7. The Morgan fingerprint density at radius 3 is 2.42 bits per heavy atom. The van der Waals surface area contributed by atoms with Gasteiger partial charge in [-0.05, 0) is 60.5 Å². The van der Waals surface area contributed by atoms with Gasteiger partial charge >= 0.3 is 0 Å². The van der Waals surface area contributed by atoms with Gasteiger partial charge in [0.25, 0.3) is 5.91 Å². The molecular formula is C34H33FN6O2. The summed E-state index contributed by atoms with van der Waals surface area (Å²) in [6, 6.07) is 23.1. The normalized spacial score (nSPS) is 14.0. The summed E-state index contributed by atoms with van der Waals surface area (Å²) in [5, 5.41) is 6.58. The van der Waals surface area contributed by atoms with E-state index in [0.29, 0.717) is 5.69 Å². The van der Waals surface area contributed by atoms with E-state index >= 15 is 4.39 Å². The number of hydrogen-bond donors (Lipinski definition) is 3. The number of pyridine rings is 1. The second kappa shape index (κ2) is 12.4. The van der Waals surface area contributed by atoms with E-state index in [1.807, 2.05) is 42.6 Å². The quantitative estimate of drug-likeness (QED) is 0.233. The first-order valence-electron chi connectivity index (χ1n) is 14.4. The lowest BCUT2D eigenvalue weighted by Gasteiger charge is -2.38. The van der Waals surface area contributed by atoms with E-state index in [1.54, 1.807) is 30.6 Å². The first-order valence-corrected chi connectivity index (χ1v) is 14.4. The summed E-state index contributed by atoms with van der Waals surface area (Å²) in [5.74, 6) is -1.69. The van der Waals surface area contributed by atoms with Crippen LogP contribution in [-0.2, 0) is 11.2 Å². The molecule has 5 aromatic rings. The Bertz CT molecular complexity index is 1750. The zero-order chi connectivity index (χ0) is 29.8. The van der Waals surface area contributed by atoms with E-state index in [1.165, 1.54) is 23.4 Å². The highest BCUT2D eigenvalue weighted by molar-refractivity contribution is 6.02. The van der Waals surface area contributed by atoms with E-state index in [4.69, 9.17) is 0 Å². The maximum absolute atomic E-state index is 15.4. The van der Waals surface area contributed by atoms with Crippen molar-refractivity contribution in [2.45, 2.75) is 19.4 Å². The van der Waals surface area contributed by atoms with Crippen molar-refractivity contribution in [1.82, 2.24) is 15.3 Å². The number of para-hydroxylation sites is 2. The number of aromatic amines is 1. The summed E-state index contributed by atoms with van der Waals surface area (Å²) in [7, 11) is 0. The second-order valence-corrected chi connectivity index (χ2v) is 10.7. The third kappa shape index (κ3) is 6.21. The van der Waals surface area contributed by atoms with Gasteiger partial charge in [-0.1, -0.05) is 36.4 Å². The molecule has 0 bridgehead atoms. The number of aromatic nitrogens is 2. The minimum atomic E-state index is -0.950. The van der Waals surface area contributed by atoms with Gasteiger partial charge in [0.05, 0.1) is 5.56 Å². The van der Waals surface area contributed by atoms with Gasteiger partial charge in [0.15, 0.2) is 0 Å². The number of nitrogens with one attached hydrogen (secondary N) is 3. The van der Waals surface area contributed by atoms with Crippen LogP contribution < -0.4 is 20.4 Å². The van der Waals surface area contributed by atoms with E-state index in [0.717, 1.165) is 48.3 Å². The predicted octanol–water partition coefficient (Wildman–Crippen LogP) is 5.32. The minimum Gasteiger partial charge on any atom is -0.368 e. The van der Waals surface area contributed by atoms with E-state index in [2.05, 4.69) is 49.5 Å². The number of rotatable bonds is 8. The molecule has 6 rings (SSSR count). The molecule has 9 heteroatoms. The zero-order valence-electron chi connectivity index (χ0n) is 23.9. The molecule has 218 valence electrons. The average molecular weight is 577 g/mol. The molecule has 0 spiro atoms. The number of benzene rings is 3. The van der Waals surface area contributed by atoms with Crippen LogP contribution in [0.1, 0.15) is 21.5 Å². The van der Waals surface area contributed by atoms with Gasteiger partial charge in [0.1, 0.15) is 11.9 Å². The molecule has 0 saturated carbocycles. The maximum Gasteiger partial charge on any atom is 0.254 e. The first kappa shape index (κ1) is 28.0. The molecule has 1 fully saturated rings. The molecule has 1 saturated heterocycles. The van der Waals surface area contributed by atoms with Crippen molar-refractivity contribution in [3.05, 3.63) is 120 Å². The summed E-state index contributed by atoms with van der Waals surface area (Å²) in [5.41, 5.74) is 5.42. The molecule has 3 heterocycles. The highest BCUT2D eigenvalue weighted by Gasteiger charge is 2.26. The number of halogens is 1. The fourth-order valence-corrected chi connectivity index (χ4v) is 5.64. The number of carbonyl (C=O) groups is 2. The number of fused-ring (bicyclic) bond motifs is 1. The number of aryl methyl sites for hydroxylation is 1. The van der Waals surface area contributed by atoms with Gasteiger partial charge in [-0.15, -0.1) is 0 Å². The number of hydrogen-bond acceptors (Lipinski definition) is 5. The summed E-state index contributed by atoms with van der Waals surface area (Å²) < 4.78 is 15.4. The molecule has 0 aliphatic carbocycles. The third-order valence-corrected chi connectivity index (χ3v) is 7.97. The van der Waals surface area contributed by atoms with Crippen LogP contribution in [0.5, 0.6) is 0 Å². The fraction of sp³-hybridized carbons (Fsp3) is 0.206. The lowest BCUT2D eigenvalue weighted by molar-refractivity contribution is -0.118. The average Bonchev–Trinajstić information content (AvgIpc) is 3.44. The van der Waals surface area contributed by atoms with Crippen molar-refractivity contribution in [3.63, 3.8) is 0 Å². The Labute approximate surface area is 249 Å². The lowest BCUT2D eigenvalue weighted by atomic mass is 10.0. The molecule has 2 aromatic heterocycles. The van der Waals surface area contributed by atoms with Crippen LogP contribution in [0.25, 0.3) is 10.9 Å². The van der Waals surface area contributed by atoms with Crippen molar-refractivity contribution in [2.75, 3.05) is 41.3 Å². The summed E-state index contributed by atoms with van der Waals surface area (Å²) in [6.45, 7) is 5.21. The molecule has 2 amide bonds. The van der Waals surface area contributed by atoms with Crippen molar-refractivity contribution >= 4 is 39.8 Å². The van der Waals surface area contributed by atoms with Crippen LogP contribution in [0.3, 0.4) is 0 Å². The number of anilines is 3. The highest BCUT2D eigenvalue weighted by Crippen LogP contribution is 2.25. The van der Waals surface area contributed by atoms with Crippen LogP contribution in [0.4, 0.5) is 21.5 Å². The molecule has 0 radical (unpaired) electrons. The first-order chi connectivity index (χ1) is 21.0. The lowest BCUT2D eigenvalue weighted by Crippen LogP contribution is -2.47. The summed E-state index contributed by atoms with van der Waals surface area (Å²) in [4.78, 5) is 38.4. The van der Waals surface area contributed by atoms with Gasteiger partial charge in [0.2, 0.25) is 5.91 Å². The maximum atomic E-state index is 15.4. The molecule has 8 nitrogen and oxygen atoms in total. The van der Waals surface area contributed by atoms with Gasteiger partial charge in [-0.25, -0.2) is 4.39 Å². The van der Waals surface area contributed by atoms with Crippen LogP contribution >= 0.6 is 0 Å².